The molecule has 0 bridgehead atoms. The summed E-state index contributed by atoms with van der Waals surface area (Å²) in [4.78, 5) is 13.1. The molecule has 0 N–H and O–H groups in total. The lowest BCUT2D eigenvalue weighted by atomic mass is 10.1. The molecule has 1 aliphatic heterocycles. The molecular formula is C15H27NO2. The van der Waals surface area contributed by atoms with Crippen LogP contribution in [0.15, 0.2) is 5.70 Å². The van der Waals surface area contributed by atoms with Crippen molar-refractivity contribution < 1.29 is 9.53 Å². The second-order valence-corrected chi connectivity index (χ2v) is 5.02. The largest absolute Gasteiger partial charge is 0.378 e. The number of nitrogens with zero attached hydrogens (tertiary/aromatic N) is 1. The first-order valence-corrected chi connectivity index (χ1v) is 7.45. The number of carbonyl (C=O) groups excluding carboxylic acids is 1. The van der Waals surface area contributed by atoms with Crippen molar-refractivity contribution in [2.75, 3.05) is 26.3 Å². The Labute approximate surface area is 111 Å². The van der Waals surface area contributed by atoms with Gasteiger partial charge in [0, 0.05) is 13.1 Å². The molecule has 1 aliphatic rings. The van der Waals surface area contributed by atoms with Crippen molar-refractivity contribution in [1.29, 1.82) is 0 Å². The van der Waals surface area contributed by atoms with Crippen LogP contribution in [0.3, 0.4) is 0 Å². The van der Waals surface area contributed by atoms with E-state index in [0.29, 0.717) is 0 Å². The number of morpholine rings is 1. The third kappa shape index (κ3) is 6.23. The molecule has 3 heteroatoms. The third-order valence-corrected chi connectivity index (χ3v) is 3.53. The minimum absolute atomic E-state index is 0.738. The van der Waals surface area contributed by atoms with Gasteiger partial charge in [-0.1, -0.05) is 45.4 Å². The van der Waals surface area contributed by atoms with Gasteiger partial charge in [0.05, 0.1) is 18.9 Å². The van der Waals surface area contributed by atoms with E-state index in [4.69, 9.17) is 4.74 Å². The van der Waals surface area contributed by atoms with Gasteiger partial charge in [0.15, 0.2) is 0 Å². The normalized spacial score (nSPS) is 15.5. The molecule has 104 valence electrons. The molecular weight excluding hydrogens is 226 g/mol. The topological polar surface area (TPSA) is 29.5 Å². The van der Waals surface area contributed by atoms with Crippen LogP contribution in [-0.4, -0.2) is 37.1 Å². The Bertz CT molecular complexity index is 253. The molecule has 18 heavy (non-hydrogen) atoms. The lowest BCUT2D eigenvalue weighted by molar-refractivity contribution is 0.0526. The van der Waals surface area contributed by atoms with Crippen LogP contribution in [0.25, 0.3) is 0 Å². The third-order valence-electron chi connectivity index (χ3n) is 3.53. The highest BCUT2D eigenvalue weighted by molar-refractivity contribution is 5.51. The summed E-state index contributed by atoms with van der Waals surface area (Å²) in [5.41, 5.74) is 0.854. The summed E-state index contributed by atoms with van der Waals surface area (Å²) >= 11 is 0. The average molecular weight is 253 g/mol. The lowest BCUT2D eigenvalue weighted by Gasteiger charge is -2.28. The van der Waals surface area contributed by atoms with E-state index in [0.717, 1.165) is 44.8 Å². The molecule has 0 radical (unpaired) electrons. The highest BCUT2D eigenvalue weighted by atomic mass is 16.5. The Morgan fingerprint density at radius 3 is 2.28 bits per heavy atom. The van der Waals surface area contributed by atoms with Crippen molar-refractivity contribution in [2.24, 2.45) is 0 Å². The SMILES string of the molecule is CCCCCCCCCC(=C=O)N1CCOCC1. The fourth-order valence-electron chi connectivity index (χ4n) is 2.36. The molecule has 1 saturated heterocycles. The number of unbranched alkanes of at least 4 members (excludes halogenated alkanes) is 6. The monoisotopic (exact) mass is 253 g/mol. The van der Waals surface area contributed by atoms with Crippen molar-refractivity contribution in [2.45, 2.75) is 58.3 Å². The summed E-state index contributed by atoms with van der Waals surface area (Å²) < 4.78 is 5.29. The molecule has 0 aromatic rings. The average Bonchev–Trinajstić information content (AvgIpc) is 2.43. The molecule has 0 saturated carbocycles. The zero-order chi connectivity index (χ0) is 13.1. The van der Waals surface area contributed by atoms with Gasteiger partial charge >= 0.3 is 0 Å². The highest BCUT2D eigenvalue weighted by Gasteiger charge is 2.13. The molecule has 1 rings (SSSR count). The predicted octanol–water partition coefficient (Wildman–Crippen LogP) is 3.17. The Morgan fingerprint density at radius 1 is 1.06 bits per heavy atom. The first kappa shape index (κ1) is 15.3. The van der Waals surface area contributed by atoms with Gasteiger partial charge in [-0.15, -0.1) is 0 Å². The minimum atomic E-state index is 0.738. The van der Waals surface area contributed by atoms with Crippen molar-refractivity contribution in [3.63, 3.8) is 0 Å². The van der Waals surface area contributed by atoms with Crippen LogP contribution in [0.2, 0.25) is 0 Å². The van der Waals surface area contributed by atoms with Crippen molar-refractivity contribution in [1.82, 2.24) is 4.90 Å². The smallest absolute Gasteiger partial charge is 0.145 e. The second-order valence-electron chi connectivity index (χ2n) is 5.02. The summed E-state index contributed by atoms with van der Waals surface area (Å²) in [7, 11) is 0. The lowest BCUT2D eigenvalue weighted by Crippen LogP contribution is -2.35. The maximum absolute atomic E-state index is 11.0. The molecule has 1 fully saturated rings. The molecule has 0 unspecified atom stereocenters. The molecule has 0 spiro atoms. The van der Waals surface area contributed by atoms with E-state index in [-0.39, 0.29) is 0 Å². The maximum Gasteiger partial charge on any atom is 0.145 e. The van der Waals surface area contributed by atoms with E-state index in [1.54, 1.807) is 0 Å². The van der Waals surface area contributed by atoms with Crippen LogP contribution >= 0.6 is 0 Å². The fourth-order valence-corrected chi connectivity index (χ4v) is 2.36. The Kier molecular flexibility index (Phi) is 8.62. The van der Waals surface area contributed by atoms with Gasteiger partial charge in [0.25, 0.3) is 0 Å². The van der Waals surface area contributed by atoms with Crippen LogP contribution < -0.4 is 0 Å². The summed E-state index contributed by atoms with van der Waals surface area (Å²) in [5.74, 6) is 2.12. The minimum Gasteiger partial charge on any atom is -0.378 e. The fraction of sp³-hybridized carbons (Fsp3) is 0.867. The van der Waals surface area contributed by atoms with E-state index < -0.39 is 0 Å². The highest BCUT2D eigenvalue weighted by Crippen LogP contribution is 2.14. The van der Waals surface area contributed by atoms with Gasteiger partial charge in [-0.3, -0.25) is 0 Å². The molecule has 3 nitrogen and oxygen atoms in total. The number of hydrogen-bond acceptors (Lipinski definition) is 3. The van der Waals surface area contributed by atoms with E-state index in [1.165, 1.54) is 38.5 Å². The number of hydrogen-bond donors (Lipinski definition) is 0. The van der Waals surface area contributed by atoms with Gasteiger partial charge in [0.2, 0.25) is 0 Å². The Balaban J connectivity index is 2.07. The Morgan fingerprint density at radius 2 is 1.67 bits per heavy atom. The van der Waals surface area contributed by atoms with Crippen molar-refractivity contribution in [3.8, 4) is 0 Å². The molecule has 0 amide bonds. The van der Waals surface area contributed by atoms with Gasteiger partial charge in [0.1, 0.15) is 5.94 Å². The van der Waals surface area contributed by atoms with E-state index in [1.807, 2.05) is 0 Å². The van der Waals surface area contributed by atoms with Crippen molar-refractivity contribution in [3.05, 3.63) is 5.70 Å². The summed E-state index contributed by atoms with van der Waals surface area (Å²) in [6, 6.07) is 0. The molecule has 1 heterocycles. The van der Waals surface area contributed by atoms with Gasteiger partial charge in [-0.2, -0.15) is 0 Å². The van der Waals surface area contributed by atoms with Gasteiger partial charge in [-0.05, 0) is 12.8 Å². The van der Waals surface area contributed by atoms with Gasteiger partial charge < -0.3 is 9.64 Å². The van der Waals surface area contributed by atoms with E-state index >= 15 is 0 Å². The molecule has 0 aromatic heterocycles. The summed E-state index contributed by atoms with van der Waals surface area (Å²) in [6.45, 7) is 5.41. The number of rotatable bonds is 9. The first-order chi connectivity index (χ1) is 8.88. The summed E-state index contributed by atoms with van der Waals surface area (Å²) in [6.07, 6.45) is 9.89. The quantitative estimate of drug-likeness (QED) is 0.467. The van der Waals surface area contributed by atoms with Crippen LogP contribution in [0.5, 0.6) is 0 Å². The van der Waals surface area contributed by atoms with E-state index in [9.17, 15) is 4.79 Å². The first-order valence-electron chi connectivity index (χ1n) is 7.45. The number of ether oxygens (including phenoxy) is 1. The van der Waals surface area contributed by atoms with Crippen LogP contribution in [-0.2, 0) is 9.53 Å². The summed E-state index contributed by atoms with van der Waals surface area (Å²) in [5, 5.41) is 0. The molecule has 0 aromatic carbocycles. The van der Waals surface area contributed by atoms with Gasteiger partial charge in [-0.25, -0.2) is 4.79 Å². The molecule has 0 atom stereocenters. The standard InChI is InChI=1S/C15H27NO2/c1-2-3-4-5-6-7-8-9-15(14-17)16-10-12-18-13-11-16/h2-13H2,1H3. The zero-order valence-electron chi connectivity index (χ0n) is 11.7. The van der Waals surface area contributed by atoms with E-state index in [2.05, 4.69) is 17.8 Å². The van der Waals surface area contributed by atoms with Crippen LogP contribution in [0.1, 0.15) is 58.3 Å². The predicted molar refractivity (Wildman–Crippen MR) is 74.2 cm³/mol. The maximum atomic E-state index is 11.0. The zero-order valence-corrected chi connectivity index (χ0v) is 11.7. The van der Waals surface area contributed by atoms with Crippen LogP contribution in [0.4, 0.5) is 0 Å². The van der Waals surface area contributed by atoms with Crippen LogP contribution in [0, 0.1) is 0 Å². The Hall–Kier alpha value is -0.790. The van der Waals surface area contributed by atoms with Crippen molar-refractivity contribution >= 4 is 5.94 Å². The number of allylic oxidation sites excluding steroid dienone is 1. The molecule has 0 aliphatic carbocycles. The second kappa shape index (κ2) is 10.2.